The van der Waals surface area contributed by atoms with Gasteiger partial charge in [-0.05, 0) is 37.0 Å². The highest BCUT2D eigenvalue weighted by Crippen LogP contribution is 2.21. The Labute approximate surface area is 127 Å². The Morgan fingerprint density at radius 2 is 1.90 bits per heavy atom. The number of methoxy groups -OCH3 is 1. The van der Waals surface area contributed by atoms with Gasteiger partial charge in [0.15, 0.2) is 0 Å². The fraction of sp³-hybridized carbons (Fsp3) is 0.588. The lowest BCUT2D eigenvalue weighted by Crippen LogP contribution is -2.44. The molecule has 0 aliphatic heterocycles. The average Bonchev–Trinajstić information content (AvgIpc) is 2.53. The molecule has 1 fully saturated rings. The standard InChI is InChI=1S/C17H26N2O2/c1-3-16(13-9-11-15(21-2)12-10-13)19-17(20)18-14-7-5-4-6-8-14/h9-12,14,16H,3-8H2,1-2H3,(H2,18,19,20). The van der Waals surface area contributed by atoms with Crippen LogP contribution in [0.5, 0.6) is 5.75 Å². The van der Waals surface area contributed by atoms with Gasteiger partial charge < -0.3 is 15.4 Å². The number of carbonyl (C=O) groups excluding carboxylic acids is 1. The van der Waals surface area contributed by atoms with Gasteiger partial charge in [0.25, 0.3) is 0 Å². The van der Waals surface area contributed by atoms with E-state index in [1.165, 1.54) is 19.3 Å². The fourth-order valence-corrected chi connectivity index (χ4v) is 2.89. The number of rotatable bonds is 5. The maximum atomic E-state index is 12.1. The molecule has 1 aliphatic rings. The van der Waals surface area contributed by atoms with Crippen LogP contribution in [0, 0.1) is 0 Å². The van der Waals surface area contributed by atoms with Crippen LogP contribution in [0.4, 0.5) is 4.79 Å². The third-order valence-corrected chi connectivity index (χ3v) is 4.17. The number of hydrogen-bond donors (Lipinski definition) is 2. The van der Waals surface area contributed by atoms with Crippen molar-refractivity contribution in [3.8, 4) is 5.75 Å². The second kappa shape index (κ2) is 7.91. The summed E-state index contributed by atoms with van der Waals surface area (Å²) in [7, 11) is 1.65. The van der Waals surface area contributed by atoms with E-state index in [1.807, 2.05) is 24.3 Å². The van der Waals surface area contributed by atoms with Crippen molar-refractivity contribution in [2.75, 3.05) is 7.11 Å². The zero-order chi connectivity index (χ0) is 15.1. The van der Waals surface area contributed by atoms with Gasteiger partial charge in [-0.25, -0.2) is 4.79 Å². The molecule has 0 bridgehead atoms. The first-order valence-corrected chi connectivity index (χ1v) is 7.94. The van der Waals surface area contributed by atoms with Gasteiger partial charge in [0.2, 0.25) is 0 Å². The molecular weight excluding hydrogens is 264 g/mol. The number of benzene rings is 1. The van der Waals surface area contributed by atoms with Crippen molar-refractivity contribution in [1.82, 2.24) is 10.6 Å². The summed E-state index contributed by atoms with van der Waals surface area (Å²) in [6.07, 6.45) is 6.81. The molecule has 2 rings (SSSR count). The maximum Gasteiger partial charge on any atom is 0.315 e. The van der Waals surface area contributed by atoms with Crippen molar-refractivity contribution in [3.05, 3.63) is 29.8 Å². The van der Waals surface area contributed by atoms with Crippen LogP contribution in [0.2, 0.25) is 0 Å². The highest BCUT2D eigenvalue weighted by molar-refractivity contribution is 5.74. The van der Waals surface area contributed by atoms with Crippen LogP contribution >= 0.6 is 0 Å². The molecule has 1 unspecified atom stereocenters. The monoisotopic (exact) mass is 290 g/mol. The second-order valence-electron chi connectivity index (χ2n) is 5.69. The van der Waals surface area contributed by atoms with Gasteiger partial charge in [-0.3, -0.25) is 0 Å². The Morgan fingerprint density at radius 1 is 1.24 bits per heavy atom. The Kier molecular flexibility index (Phi) is 5.90. The van der Waals surface area contributed by atoms with E-state index in [1.54, 1.807) is 7.11 Å². The summed E-state index contributed by atoms with van der Waals surface area (Å²) in [5.41, 5.74) is 1.11. The minimum Gasteiger partial charge on any atom is -0.497 e. The summed E-state index contributed by atoms with van der Waals surface area (Å²) < 4.78 is 5.16. The molecule has 2 N–H and O–H groups in total. The lowest BCUT2D eigenvalue weighted by atomic mass is 9.96. The van der Waals surface area contributed by atoms with Gasteiger partial charge in [-0.1, -0.05) is 38.3 Å². The molecule has 21 heavy (non-hydrogen) atoms. The molecule has 1 aliphatic carbocycles. The van der Waals surface area contributed by atoms with Gasteiger partial charge >= 0.3 is 6.03 Å². The van der Waals surface area contributed by atoms with Crippen molar-refractivity contribution < 1.29 is 9.53 Å². The lowest BCUT2D eigenvalue weighted by Gasteiger charge is -2.25. The van der Waals surface area contributed by atoms with Crippen LogP contribution in [0.15, 0.2) is 24.3 Å². The molecule has 0 radical (unpaired) electrons. The molecule has 0 saturated heterocycles. The van der Waals surface area contributed by atoms with Crippen molar-refractivity contribution >= 4 is 6.03 Å². The molecule has 2 amide bonds. The first-order valence-electron chi connectivity index (χ1n) is 7.94. The van der Waals surface area contributed by atoms with Gasteiger partial charge in [0.05, 0.1) is 13.2 Å². The van der Waals surface area contributed by atoms with E-state index in [0.29, 0.717) is 6.04 Å². The Bertz CT molecular complexity index is 439. The van der Waals surface area contributed by atoms with Crippen molar-refractivity contribution in [1.29, 1.82) is 0 Å². The largest absolute Gasteiger partial charge is 0.497 e. The molecule has 0 heterocycles. The summed E-state index contributed by atoms with van der Waals surface area (Å²) in [4.78, 5) is 12.1. The van der Waals surface area contributed by atoms with Crippen LogP contribution in [-0.4, -0.2) is 19.2 Å². The third kappa shape index (κ3) is 4.66. The van der Waals surface area contributed by atoms with Gasteiger partial charge in [-0.2, -0.15) is 0 Å². The predicted molar refractivity (Wildman–Crippen MR) is 84.6 cm³/mol. The zero-order valence-corrected chi connectivity index (χ0v) is 13.0. The summed E-state index contributed by atoms with van der Waals surface area (Å²) >= 11 is 0. The number of carbonyl (C=O) groups is 1. The Hall–Kier alpha value is -1.71. The van der Waals surface area contributed by atoms with Crippen LogP contribution in [0.3, 0.4) is 0 Å². The van der Waals surface area contributed by atoms with Crippen molar-refractivity contribution in [2.24, 2.45) is 0 Å². The molecule has 116 valence electrons. The molecule has 4 heteroatoms. The highest BCUT2D eigenvalue weighted by atomic mass is 16.5. The van der Waals surface area contributed by atoms with E-state index in [0.717, 1.165) is 30.6 Å². The normalized spacial score (nSPS) is 17.0. The van der Waals surface area contributed by atoms with Crippen LogP contribution < -0.4 is 15.4 Å². The smallest absolute Gasteiger partial charge is 0.315 e. The lowest BCUT2D eigenvalue weighted by molar-refractivity contribution is 0.228. The number of hydrogen-bond acceptors (Lipinski definition) is 2. The minimum absolute atomic E-state index is 0.0412. The molecule has 4 nitrogen and oxygen atoms in total. The van der Waals surface area contributed by atoms with Crippen molar-refractivity contribution in [3.63, 3.8) is 0 Å². The highest BCUT2D eigenvalue weighted by Gasteiger charge is 2.18. The van der Waals surface area contributed by atoms with E-state index in [2.05, 4.69) is 17.6 Å². The summed E-state index contributed by atoms with van der Waals surface area (Å²) in [6.45, 7) is 2.08. The first kappa shape index (κ1) is 15.7. The molecule has 0 spiro atoms. The van der Waals surface area contributed by atoms with E-state index in [-0.39, 0.29) is 12.1 Å². The van der Waals surface area contributed by atoms with Crippen LogP contribution in [-0.2, 0) is 0 Å². The number of nitrogens with one attached hydrogen (secondary N) is 2. The van der Waals surface area contributed by atoms with E-state index >= 15 is 0 Å². The summed E-state index contributed by atoms with van der Waals surface area (Å²) in [5, 5.41) is 6.18. The van der Waals surface area contributed by atoms with Gasteiger partial charge in [-0.15, -0.1) is 0 Å². The predicted octanol–water partition coefficient (Wildman–Crippen LogP) is 3.78. The number of urea groups is 1. The summed E-state index contributed by atoms with van der Waals surface area (Å²) in [5.74, 6) is 0.834. The van der Waals surface area contributed by atoms with E-state index < -0.39 is 0 Å². The number of amides is 2. The average molecular weight is 290 g/mol. The summed E-state index contributed by atoms with van der Waals surface area (Å²) in [6, 6.07) is 8.20. The fourth-order valence-electron chi connectivity index (χ4n) is 2.89. The van der Waals surface area contributed by atoms with Crippen LogP contribution in [0.1, 0.15) is 57.1 Å². The van der Waals surface area contributed by atoms with Crippen molar-refractivity contribution in [2.45, 2.75) is 57.5 Å². The quantitative estimate of drug-likeness (QED) is 0.867. The zero-order valence-electron chi connectivity index (χ0n) is 13.0. The van der Waals surface area contributed by atoms with E-state index in [4.69, 9.17) is 4.74 Å². The SMILES string of the molecule is CCC(NC(=O)NC1CCCCC1)c1ccc(OC)cc1. The topological polar surface area (TPSA) is 50.4 Å². The maximum absolute atomic E-state index is 12.1. The van der Waals surface area contributed by atoms with Crippen LogP contribution in [0.25, 0.3) is 0 Å². The molecule has 0 aromatic heterocycles. The molecule has 1 atom stereocenters. The third-order valence-electron chi connectivity index (χ3n) is 4.17. The molecular formula is C17H26N2O2. The molecule has 1 aromatic carbocycles. The van der Waals surface area contributed by atoms with Gasteiger partial charge in [0, 0.05) is 6.04 Å². The minimum atomic E-state index is -0.0513. The Balaban J connectivity index is 1.89. The second-order valence-corrected chi connectivity index (χ2v) is 5.69. The van der Waals surface area contributed by atoms with Gasteiger partial charge in [0.1, 0.15) is 5.75 Å². The molecule has 1 aromatic rings. The van der Waals surface area contributed by atoms with E-state index in [9.17, 15) is 4.79 Å². The molecule has 1 saturated carbocycles. The first-order chi connectivity index (χ1) is 10.2. The number of ether oxygens (including phenoxy) is 1. The Morgan fingerprint density at radius 3 is 2.48 bits per heavy atom.